The highest BCUT2D eigenvalue weighted by Gasteiger charge is 2.30. The van der Waals surface area contributed by atoms with Gasteiger partial charge in [-0.25, -0.2) is 13.2 Å². The minimum Gasteiger partial charge on any atom is -0.478 e. The molecule has 8 nitrogen and oxygen atoms in total. The van der Waals surface area contributed by atoms with E-state index < -0.39 is 42.0 Å². The van der Waals surface area contributed by atoms with Gasteiger partial charge in [0.1, 0.15) is 0 Å². The molecule has 1 N–H and O–H groups in total. The van der Waals surface area contributed by atoms with Crippen LogP contribution in [0.5, 0.6) is 0 Å². The highest BCUT2D eigenvalue weighted by atomic mass is 32.2. The highest BCUT2D eigenvalue weighted by molar-refractivity contribution is 8.06. The number of hydrogen-bond acceptors (Lipinski definition) is 6. The Morgan fingerprint density at radius 2 is 1.89 bits per heavy atom. The van der Waals surface area contributed by atoms with E-state index in [1.165, 1.54) is 0 Å². The van der Waals surface area contributed by atoms with Crippen molar-refractivity contribution in [1.82, 2.24) is 0 Å². The summed E-state index contributed by atoms with van der Waals surface area (Å²) in [6.45, 7) is 0.754. The van der Waals surface area contributed by atoms with Gasteiger partial charge in [0, 0.05) is 13.0 Å². The fraction of sp³-hybridized carbons (Fsp3) is 0.111. The van der Waals surface area contributed by atoms with Crippen LogP contribution in [-0.2, 0) is 14.6 Å². The van der Waals surface area contributed by atoms with Gasteiger partial charge in [-0.15, -0.1) is 0 Å². The Hall–Kier alpha value is -2.29. The van der Waals surface area contributed by atoms with Crippen LogP contribution in [0.15, 0.2) is 23.1 Å². The zero-order chi connectivity index (χ0) is 14.1. The van der Waals surface area contributed by atoms with Gasteiger partial charge in [0.2, 0.25) is 15.0 Å². The number of carbonyl (C=O) groups is 2. The molecule has 0 fully saturated rings. The Morgan fingerprint density at radius 3 is 2.28 bits per heavy atom. The first-order chi connectivity index (χ1) is 8.17. The molecule has 0 atom stereocenters. The van der Waals surface area contributed by atoms with Gasteiger partial charge >= 0.3 is 5.97 Å². The van der Waals surface area contributed by atoms with E-state index in [1.54, 1.807) is 0 Å². The molecule has 1 aromatic carbocycles. The number of sulfone groups is 1. The minimum absolute atomic E-state index is 0.441. The number of rotatable bonds is 3. The third-order valence-corrected chi connectivity index (χ3v) is 3.75. The Bertz CT molecular complexity index is 647. The summed E-state index contributed by atoms with van der Waals surface area (Å²) in [5, 5.41) is 18.1. The van der Waals surface area contributed by atoms with Gasteiger partial charge in [-0.05, 0) is 12.1 Å². The van der Waals surface area contributed by atoms with Gasteiger partial charge < -0.3 is 5.11 Å². The first-order valence-corrected chi connectivity index (χ1v) is 5.93. The average molecular weight is 273 g/mol. The van der Waals surface area contributed by atoms with Crippen LogP contribution in [0.2, 0.25) is 0 Å². The van der Waals surface area contributed by atoms with Crippen LogP contribution in [0, 0.1) is 10.1 Å². The number of benzene rings is 1. The molecule has 0 saturated carbocycles. The van der Waals surface area contributed by atoms with Crippen LogP contribution in [0.25, 0.3) is 0 Å². The smallest absolute Gasteiger partial charge is 0.335 e. The number of nitrogens with zero attached hydrogens (tertiary/aromatic N) is 1. The van der Waals surface area contributed by atoms with Gasteiger partial charge in [-0.3, -0.25) is 14.9 Å². The Morgan fingerprint density at radius 1 is 1.33 bits per heavy atom. The Kier molecular flexibility index (Phi) is 3.47. The van der Waals surface area contributed by atoms with Crippen molar-refractivity contribution in [2.45, 2.75) is 11.8 Å². The molecule has 0 heterocycles. The zero-order valence-electron chi connectivity index (χ0n) is 8.98. The summed E-state index contributed by atoms with van der Waals surface area (Å²) in [6, 6.07) is 2.21. The molecule has 0 bridgehead atoms. The van der Waals surface area contributed by atoms with E-state index in [2.05, 4.69) is 0 Å². The molecule has 1 rings (SSSR count). The largest absolute Gasteiger partial charge is 0.478 e. The lowest BCUT2D eigenvalue weighted by atomic mass is 10.2. The number of nitro benzene ring substituents is 1. The fourth-order valence-electron chi connectivity index (χ4n) is 1.18. The first-order valence-electron chi connectivity index (χ1n) is 4.45. The van der Waals surface area contributed by atoms with Crippen LogP contribution < -0.4 is 0 Å². The molecule has 0 unspecified atom stereocenters. The van der Waals surface area contributed by atoms with Crippen molar-refractivity contribution >= 4 is 26.6 Å². The van der Waals surface area contributed by atoms with E-state index in [4.69, 9.17) is 5.11 Å². The van der Waals surface area contributed by atoms with Crippen molar-refractivity contribution in [2.24, 2.45) is 0 Å². The summed E-state index contributed by atoms with van der Waals surface area (Å²) in [6.07, 6.45) is 0. The second-order valence-electron chi connectivity index (χ2n) is 3.24. The third kappa shape index (κ3) is 2.35. The van der Waals surface area contributed by atoms with Gasteiger partial charge in [0.05, 0.1) is 10.5 Å². The standard InChI is InChI=1S/C9H7NO7S/c1-5(11)18(16,17)8-3-2-6(9(12)13)4-7(8)10(14)15/h2-4H,1H3,(H,12,13). The van der Waals surface area contributed by atoms with E-state index in [-0.39, 0.29) is 0 Å². The molecule has 0 aliphatic heterocycles. The topological polar surface area (TPSA) is 132 Å². The summed E-state index contributed by atoms with van der Waals surface area (Å²) in [5.74, 6) is -1.44. The molecule has 0 aliphatic carbocycles. The number of carboxylic acids is 1. The Labute approximate surface area is 101 Å². The molecule has 0 aromatic heterocycles. The minimum atomic E-state index is -4.47. The van der Waals surface area contributed by atoms with Crippen molar-refractivity contribution in [1.29, 1.82) is 0 Å². The van der Waals surface area contributed by atoms with Crippen molar-refractivity contribution in [3.8, 4) is 0 Å². The van der Waals surface area contributed by atoms with Crippen molar-refractivity contribution in [3.63, 3.8) is 0 Å². The van der Waals surface area contributed by atoms with E-state index in [0.717, 1.165) is 19.1 Å². The number of nitro groups is 1. The molecular formula is C9H7NO7S. The van der Waals surface area contributed by atoms with Crippen LogP contribution in [0.1, 0.15) is 17.3 Å². The molecule has 0 radical (unpaired) electrons. The predicted molar refractivity (Wildman–Crippen MR) is 57.9 cm³/mol. The zero-order valence-corrected chi connectivity index (χ0v) is 9.80. The van der Waals surface area contributed by atoms with E-state index in [9.17, 15) is 28.1 Å². The average Bonchev–Trinajstić information content (AvgIpc) is 2.27. The summed E-state index contributed by atoms with van der Waals surface area (Å²) in [5.41, 5.74) is -1.38. The maximum absolute atomic E-state index is 11.5. The van der Waals surface area contributed by atoms with Gasteiger partial charge in [-0.2, -0.15) is 0 Å². The fourth-order valence-corrected chi connectivity index (χ4v) is 2.14. The normalized spacial score (nSPS) is 10.9. The monoisotopic (exact) mass is 273 g/mol. The number of hydrogen-bond donors (Lipinski definition) is 1. The summed E-state index contributed by atoms with van der Waals surface area (Å²) in [4.78, 5) is 30.4. The van der Waals surface area contributed by atoms with E-state index >= 15 is 0 Å². The molecular weight excluding hydrogens is 266 g/mol. The van der Waals surface area contributed by atoms with Gasteiger partial charge in [-0.1, -0.05) is 0 Å². The number of aromatic carboxylic acids is 1. The maximum Gasteiger partial charge on any atom is 0.335 e. The second-order valence-corrected chi connectivity index (χ2v) is 5.26. The number of carboxylic acid groups (broad SMARTS) is 1. The Balaban J connectivity index is 3.62. The highest BCUT2D eigenvalue weighted by Crippen LogP contribution is 2.26. The third-order valence-electron chi connectivity index (χ3n) is 2.07. The predicted octanol–water partition coefficient (Wildman–Crippen LogP) is 0.613. The van der Waals surface area contributed by atoms with Gasteiger partial charge in [0.25, 0.3) is 5.69 Å². The van der Waals surface area contributed by atoms with Crippen molar-refractivity contribution in [3.05, 3.63) is 33.9 Å². The molecule has 18 heavy (non-hydrogen) atoms. The van der Waals surface area contributed by atoms with Crippen molar-refractivity contribution < 1.29 is 28.0 Å². The van der Waals surface area contributed by atoms with Crippen LogP contribution in [-0.4, -0.2) is 29.5 Å². The summed E-state index contributed by atoms with van der Waals surface area (Å²) in [7, 11) is -4.47. The lowest BCUT2D eigenvalue weighted by molar-refractivity contribution is -0.387. The maximum atomic E-state index is 11.5. The summed E-state index contributed by atoms with van der Waals surface area (Å²) < 4.78 is 23.1. The lowest BCUT2D eigenvalue weighted by Gasteiger charge is -2.02. The quantitative estimate of drug-likeness (QED) is 0.630. The van der Waals surface area contributed by atoms with Gasteiger partial charge in [0.15, 0.2) is 4.90 Å². The van der Waals surface area contributed by atoms with Crippen LogP contribution >= 0.6 is 0 Å². The summed E-state index contributed by atoms with van der Waals surface area (Å²) >= 11 is 0. The SMILES string of the molecule is CC(=O)S(=O)(=O)c1ccc(C(=O)O)cc1[N+](=O)[O-]. The second kappa shape index (κ2) is 4.53. The molecule has 0 saturated heterocycles. The molecule has 1 aromatic rings. The first kappa shape index (κ1) is 13.8. The molecule has 9 heteroatoms. The molecule has 0 amide bonds. The molecule has 0 aliphatic rings. The number of carbonyl (C=O) groups excluding carboxylic acids is 1. The van der Waals surface area contributed by atoms with Crippen molar-refractivity contribution in [2.75, 3.05) is 0 Å². The molecule has 0 spiro atoms. The van der Waals surface area contributed by atoms with E-state index in [0.29, 0.717) is 6.07 Å². The van der Waals surface area contributed by atoms with Crippen LogP contribution in [0.3, 0.4) is 0 Å². The van der Waals surface area contributed by atoms with E-state index in [1.807, 2.05) is 0 Å². The lowest BCUT2D eigenvalue weighted by Crippen LogP contribution is -2.13. The molecule has 96 valence electrons. The van der Waals surface area contributed by atoms with Crippen LogP contribution in [0.4, 0.5) is 5.69 Å².